The SMILES string of the molecule is CC(Cl)(CCl)C(=O)C1([As])OCC(=O)N1c1cccc(OC(F)(F)F)c1. The van der Waals surface area contributed by atoms with Crippen molar-refractivity contribution in [2.45, 2.75) is 22.7 Å². The number of anilines is 1. The molecule has 1 aliphatic rings. The Balaban J connectivity index is 2.43. The zero-order chi connectivity index (χ0) is 19.0. The standard InChI is InChI=1S/C14H11AsCl2F3NO4/c1-12(17,7-16)11(23)13(15)21(10(22)6-24-13)8-3-2-4-9(5-8)25-14(18,19)20/h2-5H,6-7H2,1H3. The molecule has 0 bridgehead atoms. The number of carbonyl (C=O) groups is 2. The summed E-state index contributed by atoms with van der Waals surface area (Å²) in [5.41, 5.74) is -0.0136. The van der Waals surface area contributed by atoms with Crippen molar-refractivity contribution in [2.75, 3.05) is 17.4 Å². The van der Waals surface area contributed by atoms with Crippen LogP contribution in [0, 0.1) is 0 Å². The van der Waals surface area contributed by atoms with E-state index < -0.39 is 39.8 Å². The summed E-state index contributed by atoms with van der Waals surface area (Å²) in [5, 5.41) is 0. The molecule has 0 N–H and O–H groups in total. The molecule has 2 atom stereocenters. The first-order valence-corrected chi connectivity index (χ1v) is 8.61. The van der Waals surface area contributed by atoms with Crippen molar-refractivity contribution >= 4 is 57.4 Å². The van der Waals surface area contributed by atoms with Crippen LogP contribution in [0.4, 0.5) is 18.9 Å². The molecule has 1 aromatic carbocycles. The molecule has 2 unspecified atom stereocenters. The first kappa shape index (κ1) is 20.4. The van der Waals surface area contributed by atoms with Gasteiger partial charge in [0.25, 0.3) is 0 Å². The second-order valence-corrected chi connectivity index (χ2v) is 7.70. The third kappa shape index (κ3) is 4.24. The van der Waals surface area contributed by atoms with Crippen LogP contribution >= 0.6 is 23.2 Å². The third-order valence-electron chi connectivity index (χ3n) is 3.28. The zero-order valence-corrected chi connectivity index (χ0v) is 16.0. The summed E-state index contributed by atoms with van der Waals surface area (Å²) >= 11 is 13.7. The molecular formula is C14H11AsCl2F3NO4. The number of ketones is 1. The number of nitrogens with zero attached hydrogens (tertiary/aromatic N) is 1. The van der Waals surface area contributed by atoms with Gasteiger partial charge in [-0.05, 0) is 0 Å². The van der Waals surface area contributed by atoms with E-state index in [2.05, 4.69) is 4.74 Å². The van der Waals surface area contributed by atoms with Gasteiger partial charge in [-0.25, -0.2) is 0 Å². The van der Waals surface area contributed by atoms with Gasteiger partial charge in [0.1, 0.15) is 0 Å². The van der Waals surface area contributed by atoms with E-state index in [4.69, 9.17) is 27.9 Å². The quantitative estimate of drug-likeness (QED) is 0.501. The van der Waals surface area contributed by atoms with Crippen LogP contribution < -0.4 is 9.64 Å². The Kier molecular flexibility index (Phi) is 5.69. The van der Waals surface area contributed by atoms with Crippen LogP contribution in [0.25, 0.3) is 0 Å². The molecule has 1 fully saturated rings. The molecule has 1 heterocycles. The van der Waals surface area contributed by atoms with Crippen LogP contribution in [0.1, 0.15) is 6.92 Å². The van der Waals surface area contributed by atoms with Crippen LogP contribution in [-0.4, -0.2) is 56.8 Å². The molecule has 0 spiro atoms. The summed E-state index contributed by atoms with van der Waals surface area (Å²) in [4.78, 5) is 24.3. The minimum absolute atomic E-state index is 0.0136. The number of halogens is 5. The Bertz CT molecular complexity index is 701. The number of Topliss-reactive ketones (excluding diaryl/α,β-unsaturated/α-hetero) is 1. The first-order chi connectivity index (χ1) is 11.4. The second-order valence-electron chi connectivity index (χ2n) is 5.33. The van der Waals surface area contributed by atoms with Crippen LogP contribution in [0.3, 0.4) is 0 Å². The van der Waals surface area contributed by atoms with Crippen LogP contribution in [0.2, 0.25) is 0 Å². The summed E-state index contributed by atoms with van der Waals surface area (Å²) in [5.74, 6) is -2.14. The average molecular weight is 460 g/mol. The van der Waals surface area contributed by atoms with Gasteiger partial charge in [-0.2, -0.15) is 0 Å². The fourth-order valence-corrected chi connectivity index (χ4v) is 3.69. The summed E-state index contributed by atoms with van der Waals surface area (Å²) in [7, 11) is 0. The van der Waals surface area contributed by atoms with E-state index in [0.29, 0.717) is 0 Å². The predicted molar refractivity (Wildman–Crippen MR) is 85.0 cm³/mol. The molecule has 5 nitrogen and oxygen atoms in total. The van der Waals surface area contributed by atoms with Gasteiger partial charge in [-0.1, -0.05) is 0 Å². The fraction of sp³-hybridized carbons (Fsp3) is 0.429. The second kappa shape index (κ2) is 6.99. The third-order valence-corrected chi connectivity index (χ3v) is 5.37. The Morgan fingerprint density at radius 3 is 2.68 bits per heavy atom. The molecule has 0 saturated carbocycles. The van der Waals surface area contributed by atoms with E-state index >= 15 is 0 Å². The van der Waals surface area contributed by atoms with Crippen molar-refractivity contribution in [1.29, 1.82) is 0 Å². The molecule has 0 aromatic heterocycles. The molecule has 11 heteroatoms. The minimum atomic E-state index is -4.90. The van der Waals surface area contributed by atoms with Crippen LogP contribution in [-0.2, 0) is 14.3 Å². The summed E-state index contributed by atoms with van der Waals surface area (Å²) in [6, 6.07) is 4.64. The number of carbonyl (C=O) groups excluding carboxylic acids is 2. The van der Waals surface area contributed by atoms with Gasteiger partial charge >= 0.3 is 160 Å². The van der Waals surface area contributed by atoms with E-state index in [1.807, 2.05) is 16.9 Å². The van der Waals surface area contributed by atoms with Gasteiger partial charge in [0.15, 0.2) is 0 Å². The van der Waals surface area contributed by atoms with Gasteiger partial charge in [0, 0.05) is 0 Å². The molecule has 25 heavy (non-hydrogen) atoms. The summed E-state index contributed by atoms with van der Waals surface area (Å²) in [6.07, 6.45) is -4.90. The van der Waals surface area contributed by atoms with Gasteiger partial charge in [-0.3, -0.25) is 0 Å². The fourth-order valence-electron chi connectivity index (χ4n) is 2.17. The molecule has 1 aromatic rings. The van der Waals surface area contributed by atoms with E-state index in [1.165, 1.54) is 19.1 Å². The first-order valence-electron chi connectivity index (χ1n) is 6.76. The molecule has 136 valence electrons. The number of alkyl halides is 5. The Hall–Kier alpha value is -0.952. The maximum atomic E-state index is 12.7. The molecule has 1 amide bonds. The van der Waals surface area contributed by atoms with E-state index in [0.717, 1.165) is 17.0 Å². The number of benzene rings is 1. The van der Waals surface area contributed by atoms with Crippen LogP contribution in [0.15, 0.2) is 24.3 Å². The van der Waals surface area contributed by atoms with E-state index in [-0.39, 0.29) is 11.6 Å². The summed E-state index contributed by atoms with van der Waals surface area (Å²) < 4.78 is 44.5. The monoisotopic (exact) mass is 459 g/mol. The molecule has 1 aliphatic heterocycles. The Labute approximate surface area is 159 Å². The number of rotatable bonds is 5. The maximum absolute atomic E-state index is 12.7. The van der Waals surface area contributed by atoms with Crippen molar-refractivity contribution in [1.82, 2.24) is 0 Å². The Morgan fingerprint density at radius 2 is 2.12 bits per heavy atom. The number of ether oxygens (including phenoxy) is 2. The molecular weight excluding hydrogens is 449 g/mol. The molecule has 2 rings (SSSR count). The topological polar surface area (TPSA) is 55.8 Å². The normalized spacial score (nSPS) is 23.5. The van der Waals surface area contributed by atoms with Crippen molar-refractivity contribution in [2.24, 2.45) is 0 Å². The average Bonchev–Trinajstić information content (AvgIpc) is 2.81. The predicted octanol–water partition coefficient (Wildman–Crippen LogP) is 2.58. The molecule has 2 radical (unpaired) electrons. The van der Waals surface area contributed by atoms with Gasteiger partial charge in [0.05, 0.1) is 0 Å². The summed E-state index contributed by atoms with van der Waals surface area (Å²) in [6.45, 7) is 0.909. The molecule has 0 aliphatic carbocycles. The molecule has 1 saturated heterocycles. The van der Waals surface area contributed by atoms with Gasteiger partial charge in [0.2, 0.25) is 0 Å². The van der Waals surface area contributed by atoms with E-state index in [9.17, 15) is 22.8 Å². The van der Waals surface area contributed by atoms with Crippen molar-refractivity contribution in [3.8, 4) is 5.75 Å². The zero-order valence-electron chi connectivity index (χ0n) is 12.6. The van der Waals surface area contributed by atoms with Gasteiger partial charge < -0.3 is 0 Å². The number of amides is 1. The number of hydrogen-bond donors (Lipinski definition) is 0. The van der Waals surface area contributed by atoms with E-state index in [1.54, 1.807) is 0 Å². The van der Waals surface area contributed by atoms with Crippen LogP contribution in [0.5, 0.6) is 5.75 Å². The van der Waals surface area contributed by atoms with Crippen molar-refractivity contribution < 1.29 is 32.2 Å². The van der Waals surface area contributed by atoms with Crippen molar-refractivity contribution in [3.63, 3.8) is 0 Å². The van der Waals surface area contributed by atoms with Crippen molar-refractivity contribution in [3.05, 3.63) is 24.3 Å². The van der Waals surface area contributed by atoms with Gasteiger partial charge in [-0.15, -0.1) is 0 Å². The number of hydrogen-bond acceptors (Lipinski definition) is 4. The Morgan fingerprint density at radius 1 is 1.48 bits per heavy atom.